The monoisotopic (exact) mass is 352 g/mol. The van der Waals surface area contributed by atoms with Gasteiger partial charge in [-0.3, -0.25) is 9.89 Å². The van der Waals surface area contributed by atoms with E-state index in [1.165, 1.54) is 11.3 Å². The Morgan fingerprint density at radius 2 is 2.08 bits per heavy atom. The lowest BCUT2D eigenvalue weighted by Crippen LogP contribution is -2.12. The number of thiophene rings is 1. The van der Waals surface area contributed by atoms with Crippen molar-refractivity contribution in [3.05, 3.63) is 64.4 Å². The molecule has 0 saturated carbocycles. The highest BCUT2D eigenvalue weighted by Crippen LogP contribution is 2.26. The Labute approximate surface area is 146 Å². The van der Waals surface area contributed by atoms with Gasteiger partial charge in [0.1, 0.15) is 10.7 Å². The van der Waals surface area contributed by atoms with Crippen molar-refractivity contribution in [2.75, 3.05) is 5.32 Å². The number of H-pyrrole nitrogens is 1. The van der Waals surface area contributed by atoms with Crippen LogP contribution in [-0.2, 0) is 0 Å². The number of rotatable bonds is 4. The van der Waals surface area contributed by atoms with E-state index in [4.69, 9.17) is 0 Å². The first-order chi connectivity index (χ1) is 11.8. The van der Waals surface area contributed by atoms with Gasteiger partial charge in [-0.1, -0.05) is 12.1 Å². The molecule has 0 bridgehead atoms. The molecule has 0 fully saturated rings. The van der Waals surface area contributed by atoms with Crippen LogP contribution in [0, 0.1) is 0 Å². The van der Waals surface area contributed by atoms with Crippen molar-refractivity contribution in [1.82, 2.24) is 15.2 Å². The van der Waals surface area contributed by atoms with Gasteiger partial charge in [0.15, 0.2) is 0 Å². The molecule has 0 aliphatic carbocycles. The number of amides is 1. The number of carbonyl (C=O) groups is 1. The first-order valence-electron chi connectivity index (χ1n) is 7.19. The molecule has 0 aliphatic heterocycles. The Balaban J connectivity index is 1.53. The Morgan fingerprint density at radius 3 is 2.88 bits per heavy atom. The maximum Gasteiger partial charge on any atom is 0.275 e. The van der Waals surface area contributed by atoms with E-state index in [0.717, 1.165) is 27.5 Å². The summed E-state index contributed by atoms with van der Waals surface area (Å²) in [5, 5.41) is 16.4. The van der Waals surface area contributed by atoms with Crippen LogP contribution in [0.25, 0.3) is 21.8 Å². The number of benzene rings is 1. The van der Waals surface area contributed by atoms with Crippen LogP contribution in [0.1, 0.15) is 10.5 Å². The number of anilines is 1. The molecular weight excluding hydrogens is 340 g/mol. The normalized spacial score (nSPS) is 10.7. The molecule has 0 radical (unpaired) electrons. The van der Waals surface area contributed by atoms with E-state index in [1.54, 1.807) is 22.9 Å². The third-order valence-corrected chi connectivity index (χ3v) is 5.01. The van der Waals surface area contributed by atoms with E-state index in [9.17, 15) is 4.79 Å². The van der Waals surface area contributed by atoms with E-state index < -0.39 is 0 Å². The van der Waals surface area contributed by atoms with Crippen LogP contribution < -0.4 is 5.32 Å². The Kier molecular flexibility index (Phi) is 3.94. The Bertz CT molecular complexity index is 958. The molecular formula is C17H12N4OS2. The smallest absolute Gasteiger partial charge is 0.275 e. The van der Waals surface area contributed by atoms with E-state index in [-0.39, 0.29) is 5.91 Å². The molecule has 0 saturated heterocycles. The van der Waals surface area contributed by atoms with E-state index in [2.05, 4.69) is 20.5 Å². The molecule has 3 aromatic heterocycles. The molecule has 0 unspecified atom stereocenters. The summed E-state index contributed by atoms with van der Waals surface area (Å²) < 4.78 is 0. The quantitative estimate of drug-likeness (QED) is 0.567. The lowest BCUT2D eigenvalue weighted by molar-refractivity contribution is 0.102. The van der Waals surface area contributed by atoms with Crippen LogP contribution >= 0.6 is 22.7 Å². The first-order valence-corrected chi connectivity index (χ1v) is 9.01. The van der Waals surface area contributed by atoms with Crippen LogP contribution in [0.5, 0.6) is 0 Å². The van der Waals surface area contributed by atoms with Crippen molar-refractivity contribution in [2.45, 2.75) is 0 Å². The fourth-order valence-electron chi connectivity index (χ4n) is 2.27. The molecule has 24 heavy (non-hydrogen) atoms. The van der Waals surface area contributed by atoms with Gasteiger partial charge in [-0.05, 0) is 29.6 Å². The van der Waals surface area contributed by atoms with Crippen LogP contribution in [-0.4, -0.2) is 21.1 Å². The van der Waals surface area contributed by atoms with Gasteiger partial charge in [0.25, 0.3) is 5.91 Å². The van der Waals surface area contributed by atoms with Gasteiger partial charge < -0.3 is 5.32 Å². The molecule has 3 heterocycles. The van der Waals surface area contributed by atoms with Crippen LogP contribution in [0.4, 0.5) is 5.69 Å². The number of hydrogen-bond donors (Lipinski definition) is 2. The van der Waals surface area contributed by atoms with Crippen molar-refractivity contribution in [3.8, 4) is 21.8 Å². The fourth-order valence-corrected chi connectivity index (χ4v) is 3.79. The first kappa shape index (κ1) is 14.8. The summed E-state index contributed by atoms with van der Waals surface area (Å²) in [6, 6.07) is 11.5. The highest BCUT2D eigenvalue weighted by molar-refractivity contribution is 7.14. The van der Waals surface area contributed by atoms with Crippen molar-refractivity contribution in [2.24, 2.45) is 0 Å². The number of carbonyl (C=O) groups excluding carboxylic acids is 1. The zero-order valence-electron chi connectivity index (χ0n) is 12.4. The number of aromatic nitrogens is 3. The minimum Gasteiger partial charge on any atom is -0.321 e. The highest BCUT2D eigenvalue weighted by atomic mass is 32.1. The van der Waals surface area contributed by atoms with Crippen LogP contribution in [0.2, 0.25) is 0 Å². The molecule has 118 valence electrons. The number of nitrogens with one attached hydrogen (secondary N) is 2. The number of hydrogen-bond acceptors (Lipinski definition) is 5. The molecule has 4 rings (SSSR count). The number of aromatic amines is 1. The molecule has 4 aromatic rings. The standard InChI is InChI=1S/C17H12N4OS2/c22-16(15-10-24-17(20-15)12-5-7-23-9-12)19-13-3-1-2-11(8-13)14-4-6-18-21-14/h1-10H,(H,18,21)(H,19,22). The summed E-state index contributed by atoms with van der Waals surface area (Å²) in [5.41, 5.74) is 4.05. The molecule has 0 atom stereocenters. The Morgan fingerprint density at radius 1 is 1.12 bits per heavy atom. The molecule has 2 N–H and O–H groups in total. The summed E-state index contributed by atoms with van der Waals surface area (Å²) in [6.07, 6.45) is 1.70. The maximum absolute atomic E-state index is 12.4. The zero-order valence-corrected chi connectivity index (χ0v) is 14.0. The van der Waals surface area contributed by atoms with Gasteiger partial charge >= 0.3 is 0 Å². The van der Waals surface area contributed by atoms with E-state index in [0.29, 0.717) is 5.69 Å². The highest BCUT2D eigenvalue weighted by Gasteiger charge is 2.12. The van der Waals surface area contributed by atoms with Crippen LogP contribution in [0.3, 0.4) is 0 Å². The number of nitrogens with zero attached hydrogens (tertiary/aromatic N) is 2. The zero-order chi connectivity index (χ0) is 16.4. The Hall–Kier alpha value is -2.77. The van der Waals surface area contributed by atoms with Gasteiger partial charge in [-0.2, -0.15) is 16.4 Å². The average Bonchev–Trinajstić information content (AvgIpc) is 3.36. The summed E-state index contributed by atoms with van der Waals surface area (Å²) in [6.45, 7) is 0. The largest absolute Gasteiger partial charge is 0.321 e. The molecule has 7 heteroatoms. The fraction of sp³-hybridized carbons (Fsp3) is 0. The molecule has 1 aromatic carbocycles. The lowest BCUT2D eigenvalue weighted by atomic mass is 10.1. The van der Waals surface area contributed by atoms with Gasteiger partial charge in [-0.25, -0.2) is 4.98 Å². The lowest BCUT2D eigenvalue weighted by Gasteiger charge is -2.05. The van der Waals surface area contributed by atoms with E-state index >= 15 is 0 Å². The van der Waals surface area contributed by atoms with Gasteiger partial charge in [0.05, 0.1) is 5.69 Å². The minimum absolute atomic E-state index is 0.213. The third kappa shape index (κ3) is 2.99. The summed E-state index contributed by atoms with van der Waals surface area (Å²) in [4.78, 5) is 16.8. The van der Waals surface area contributed by atoms with Gasteiger partial charge in [-0.15, -0.1) is 11.3 Å². The second kappa shape index (κ2) is 6.38. The summed E-state index contributed by atoms with van der Waals surface area (Å²) >= 11 is 3.08. The predicted octanol–water partition coefficient (Wildman–Crippen LogP) is 4.51. The van der Waals surface area contributed by atoms with Crippen LogP contribution in [0.15, 0.2) is 58.7 Å². The van der Waals surface area contributed by atoms with E-state index in [1.807, 2.05) is 47.2 Å². The molecule has 5 nitrogen and oxygen atoms in total. The van der Waals surface area contributed by atoms with Gasteiger partial charge in [0.2, 0.25) is 0 Å². The van der Waals surface area contributed by atoms with Gasteiger partial charge in [0, 0.05) is 33.8 Å². The van der Waals surface area contributed by atoms with Crippen molar-refractivity contribution < 1.29 is 4.79 Å². The van der Waals surface area contributed by atoms with Crippen molar-refractivity contribution in [3.63, 3.8) is 0 Å². The van der Waals surface area contributed by atoms with Crippen molar-refractivity contribution in [1.29, 1.82) is 0 Å². The summed E-state index contributed by atoms with van der Waals surface area (Å²) in [5.74, 6) is -0.213. The van der Waals surface area contributed by atoms with Crippen molar-refractivity contribution >= 4 is 34.3 Å². The number of thiazole rings is 1. The minimum atomic E-state index is -0.213. The molecule has 1 amide bonds. The average molecular weight is 352 g/mol. The second-order valence-corrected chi connectivity index (χ2v) is 6.69. The third-order valence-electron chi connectivity index (χ3n) is 3.44. The molecule has 0 aliphatic rings. The summed E-state index contributed by atoms with van der Waals surface area (Å²) in [7, 11) is 0. The SMILES string of the molecule is O=C(Nc1cccc(-c2ccn[nH]2)c1)c1csc(-c2ccsc2)n1. The predicted molar refractivity (Wildman–Crippen MR) is 97.4 cm³/mol. The maximum atomic E-state index is 12.4. The topological polar surface area (TPSA) is 70.7 Å². The second-order valence-electron chi connectivity index (χ2n) is 5.06. The molecule has 0 spiro atoms.